The summed E-state index contributed by atoms with van der Waals surface area (Å²) in [7, 11) is 1.89. The predicted molar refractivity (Wildman–Crippen MR) is 85.3 cm³/mol. The highest BCUT2D eigenvalue weighted by atomic mass is 35.5. The maximum absolute atomic E-state index is 6.34. The molecule has 0 aliphatic heterocycles. The van der Waals surface area contributed by atoms with Crippen molar-refractivity contribution in [1.82, 2.24) is 14.8 Å². The lowest BCUT2D eigenvalue weighted by atomic mass is 10.0. The first kappa shape index (κ1) is 14.0. The Morgan fingerprint density at radius 1 is 1.33 bits per heavy atom. The van der Waals surface area contributed by atoms with E-state index in [-0.39, 0.29) is 6.04 Å². The van der Waals surface area contributed by atoms with E-state index in [1.807, 2.05) is 38.2 Å². The highest BCUT2D eigenvalue weighted by molar-refractivity contribution is 6.31. The Hall–Kier alpha value is -1.91. The molecule has 0 spiro atoms. The van der Waals surface area contributed by atoms with Gasteiger partial charge in [-0.25, -0.2) is 0 Å². The third kappa shape index (κ3) is 2.64. The van der Waals surface area contributed by atoms with Gasteiger partial charge in [0.05, 0.1) is 21.9 Å². The molecule has 3 aromatic rings. The standard InChI is InChI=1S/C16H17ClN4/c1-10-16(17)15(21(2)20-10)9-13(18)11-5-6-14-12(8-11)4-3-7-19-14/h3-8,13H,9,18H2,1-2H3. The minimum Gasteiger partial charge on any atom is -0.324 e. The van der Waals surface area contributed by atoms with Gasteiger partial charge in [-0.2, -0.15) is 5.10 Å². The molecule has 0 aliphatic carbocycles. The number of hydrogen-bond acceptors (Lipinski definition) is 3. The molecule has 0 fully saturated rings. The number of hydrogen-bond donors (Lipinski definition) is 1. The first-order valence-corrected chi connectivity index (χ1v) is 7.22. The van der Waals surface area contributed by atoms with Gasteiger partial charge in [0.1, 0.15) is 0 Å². The molecule has 0 saturated heterocycles. The van der Waals surface area contributed by atoms with Gasteiger partial charge < -0.3 is 5.73 Å². The van der Waals surface area contributed by atoms with Crippen molar-refractivity contribution >= 4 is 22.5 Å². The maximum Gasteiger partial charge on any atom is 0.0847 e. The molecule has 0 aliphatic rings. The van der Waals surface area contributed by atoms with Gasteiger partial charge in [0, 0.05) is 31.1 Å². The normalized spacial score (nSPS) is 12.8. The van der Waals surface area contributed by atoms with Gasteiger partial charge >= 0.3 is 0 Å². The number of rotatable bonds is 3. The Labute approximate surface area is 128 Å². The van der Waals surface area contributed by atoms with Gasteiger partial charge in [0.15, 0.2) is 0 Å². The van der Waals surface area contributed by atoms with Crippen molar-refractivity contribution in [3.8, 4) is 0 Å². The molecule has 0 radical (unpaired) electrons. The van der Waals surface area contributed by atoms with Crippen molar-refractivity contribution in [2.45, 2.75) is 19.4 Å². The van der Waals surface area contributed by atoms with Crippen LogP contribution in [0.1, 0.15) is 23.0 Å². The topological polar surface area (TPSA) is 56.7 Å². The largest absolute Gasteiger partial charge is 0.324 e. The SMILES string of the molecule is Cc1nn(C)c(CC(N)c2ccc3ncccc3c2)c1Cl. The smallest absolute Gasteiger partial charge is 0.0847 e. The molecule has 21 heavy (non-hydrogen) atoms. The fourth-order valence-electron chi connectivity index (χ4n) is 2.55. The molecular weight excluding hydrogens is 284 g/mol. The van der Waals surface area contributed by atoms with E-state index in [2.05, 4.69) is 16.1 Å². The summed E-state index contributed by atoms with van der Waals surface area (Å²) in [5.74, 6) is 0. The molecule has 108 valence electrons. The second-order valence-corrected chi connectivity index (χ2v) is 5.61. The number of aromatic nitrogens is 3. The molecule has 0 amide bonds. The zero-order valence-electron chi connectivity index (χ0n) is 12.0. The van der Waals surface area contributed by atoms with Crippen molar-refractivity contribution in [3.05, 3.63) is 58.5 Å². The fraction of sp³-hybridized carbons (Fsp3) is 0.250. The third-order valence-electron chi connectivity index (χ3n) is 3.73. The van der Waals surface area contributed by atoms with Crippen LogP contribution >= 0.6 is 11.6 Å². The van der Waals surface area contributed by atoms with Crippen molar-refractivity contribution in [2.75, 3.05) is 0 Å². The quantitative estimate of drug-likeness (QED) is 0.808. The van der Waals surface area contributed by atoms with Gasteiger partial charge in [-0.05, 0) is 30.7 Å². The minimum absolute atomic E-state index is 0.123. The summed E-state index contributed by atoms with van der Waals surface area (Å²) in [5, 5.41) is 6.13. The van der Waals surface area contributed by atoms with Crippen molar-refractivity contribution in [2.24, 2.45) is 12.8 Å². The number of nitrogens with two attached hydrogens (primary N) is 1. The lowest BCUT2D eigenvalue weighted by Crippen LogP contribution is -2.15. The summed E-state index contributed by atoms with van der Waals surface area (Å²) in [6.07, 6.45) is 2.45. The summed E-state index contributed by atoms with van der Waals surface area (Å²) in [6.45, 7) is 1.90. The Balaban J connectivity index is 1.91. The highest BCUT2D eigenvalue weighted by Gasteiger charge is 2.16. The minimum atomic E-state index is -0.123. The van der Waals surface area contributed by atoms with Crippen LogP contribution in [0.25, 0.3) is 10.9 Å². The second kappa shape index (κ2) is 5.47. The van der Waals surface area contributed by atoms with Crippen LogP contribution in [0.3, 0.4) is 0 Å². The number of pyridine rings is 1. The summed E-state index contributed by atoms with van der Waals surface area (Å²) in [4.78, 5) is 4.32. The van der Waals surface area contributed by atoms with E-state index in [0.717, 1.165) is 27.9 Å². The second-order valence-electron chi connectivity index (χ2n) is 5.24. The van der Waals surface area contributed by atoms with E-state index in [9.17, 15) is 0 Å². The van der Waals surface area contributed by atoms with Crippen molar-refractivity contribution < 1.29 is 0 Å². The van der Waals surface area contributed by atoms with Gasteiger partial charge in [-0.1, -0.05) is 23.7 Å². The van der Waals surface area contributed by atoms with Crippen LogP contribution in [-0.2, 0) is 13.5 Å². The molecule has 1 unspecified atom stereocenters. The number of halogens is 1. The Kier molecular flexibility index (Phi) is 3.66. The molecule has 0 bridgehead atoms. The molecule has 2 aromatic heterocycles. The van der Waals surface area contributed by atoms with Crippen molar-refractivity contribution in [1.29, 1.82) is 0 Å². The van der Waals surface area contributed by atoms with Crippen LogP contribution in [0.15, 0.2) is 36.5 Å². The van der Waals surface area contributed by atoms with E-state index in [1.54, 1.807) is 10.9 Å². The van der Waals surface area contributed by atoms with Crippen LogP contribution < -0.4 is 5.73 Å². The molecule has 2 heterocycles. The molecule has 1 aromatic carbocycles. The van der Waals surface area contributed by atoms with Crippen LogP contribution in [0.5, 0.6) is 0 Å². The monoisotopic (exact) mass is 300 g/mol. The number of aryl methyl sites for hydroxylation is 2. The summed E-state index contributed by atoms with van der Waals surface area (Å²) in [5.41, 5.74) is 10.2. The van der Waals surface area contributed by atoms with Gasteiger partial charge in [0.2, 0.25) is 0 Å². The summed E-state index contributed by atoms with van der Waals surface area (Å²) in [6, 6.07) is 9.96. The lowest BCUT2D eigenvalue weighted by Gasteiger charge is -2.13. The van der Waals surface area contributed by atoms with Crippen LogP contribution in [-0.4, -0.2) is 14.8 Å². The molecular formula is C16H17ClN4. The molecule has 2 N–H and O–H groups in total. The summed E-state index contributed by atoms with van der Waals surface area (Å²) < 4.78 is 1.81. The predicted octanol–water partition coefficient (Wildman–Crippen LogP) is 3.17. The number of fused-ring (bicyclic) bond motifs is 1. The first-order valence-electron chi connectivity index (χ1n) is 6.84. The maximum atomic E-state index is 6.34. The van der Waals surface area contributed by atoms with Gasteiger partial charge in [-0.3, -0.25) is 9.67 Å². The first-order chi connectivity index (χ1) is 10.1. The zero-order chi connectivity index (χ0) is 15.0. The molecule has 3 rings (SSSR count). The lowest BCUT2D eigenvalue weighted by molar-refractivity contribution is 0.640. The molecule has 0 saturated carbocycles. The van der Waals surface area contributed by atoms with E-state index in [0.29, 0.717) is 11.4 Å². The molecule has 1 atom stereocenters. The van der Waals surface area contributed by atoms with Crippen LogP contribution in [0.2, 0.25) is 5.02 Å². The van der Waals surface area contributed by atoms with Gasteiger partial charge in [-0.15, -0.1) is 0 Å². The average Bonchev–Trinajstić information content (AvgIpc) is 2.73. The molecule has 5 heteroatoms. The fourth-order valence-corrected chi connectivity index (χ4v) is 2.79. The van der Waals surface area contributed by atoms with Crippen molar-refractivity contribution in [3.63, 3.8) is 0 Å². The Morgan fingerprint density at radius 3 is 2.86 bits per heavy atom. The highest BCUT2D eigenvalue weighted by Crippen LogP contribution is 2.25. The van der Waals surface area contributed by atoms with E-state index in [1.165, 1.54) is 0 Å². The van der Waals surface area contributed by atoms with E-state index < -0.39 is 0 Å². The molecule has 4 nitrogen and oxygen atoms in total. The average molecular weight is 301 g/mol. The Morgan fingerprint density at radius 2 is 2.14 bits per heavy atom. The van der Waals surface area contributed by atoms with E-state index >= 15 is 0 Å². The number of benzene rings is 1. The van der Waals surface area contributed by atoms with Crippen LogP contribution in [0.4, 0.5) is 0 Å². The van der Waals surface area contributed by atoms with Gasteiger partial charge in [0.25, 0.3) is 0 Å². The summed E-state index contributed by atoms with van der Waals surface area (Å²) >= 11 is 6.29. The Bertz CT molecular complexity index is 794. The van der Waals surface area contributed by atoms with E-state index in [4.69, 9.17) is 17.3 Å². The van der Waals surface area contributed by atoms with Crippen LogP contribution in [0, 0.1) is 6.92 Å². The zero-order valence-corrected chi connectivity index (χ0v) is 12.8. The third-order valence-corrected chi connectivity index (χ3v) is 4.22. The number of nitrogens with zero attached hydrogens (tertiary/aromatic N) is 3.